The van der Waals surface area contributed by atoms with Gasteiger partial charge in [-0.25, -0.2) is 0 Å². The van der Waals surface area contributed by atoms with E-state index in [0.29, 0.717) is 31.7 Å². The third-order valence-corrected chi connectivity index (χ3v) is 3.68. The molecule has 0 saturated carbocycles. The Bertz CT molecular complexity index is 545. The Morgan fingerprint density at radius 2 is 2.23 bits per heavy atom. The minimum Gasteiger partial charge on any atom is -0.382 e. The maximum Gasteiger partial charge on any atom is 0.256 e. The molecule has 1 aliphatic heterocycles. The molecule has 0 N–H and O–H groups in total. The summed E-state index contributed by atoms with van der Waals surface area (Å²) in [5, 5.41) is 8.20. The first-order chi connectivity index (χ1) is 10.4. The molecule has 122 valence electrons. The lowest BCUT2D eigenvalue weighted by molar-refractivity contribution is -0.143. The van der Waals surface area contributed by atoms with Gasteiger partial charge in [-0.2, -0.15) is 10.2 Å². The smallest absolute Gasteiger partial charge is 0.256 e. The molecule has 0 radical (unpaired) electrons. The SMILES string of the molecule is CCc1nnc(C)cc1C(=O)N1C[C@@H](COC)OC(C)(C)C1. The number of nitrogens with zero attached hydrogens (tertiary/aromatic N) is 3. The topological polar surface area (TPSA) is 64.6 Å². The Morgan fingerprint density at radius 3 is 2.86 bits per heavy atom. The van der Waals surface area contributed by atoms with E-state index in [-0.39, 0.29) is 17.6 Å². The fraction of sp³-hybridized carbons (Fsp3) is 0.688. The van der Waals surface area contributed by atoms with Crippen molar-refractivity contribution in [1.82, 2.24) is 15.1 Å². The predicted molar refractivity (Wildman–Crippen MR) is 82.9 cm³/mol. The first kappa shape index (κ1) is 16.8. The Balaban J connectivity index is 2.26. The third-order valence-electron chi connectivity index (χ3n) is 3.68. The molecule has 1 atom stereocenters. The summed E-state index contributed by atoms with van der Waals surface area (Å²) in [4.78, 5) is 14.8. The van der Waals surface area contributed by atoms with Crippen molar-refractivity contribution in [3.05, 3.63) is 23.0 Å². The van der Waals surface area contributed by atoms with Gasteiger partial charge in [-0.05, 0) is 33.3 Å². The lowest BCUT2D eigenvalue weighted by Gasteiger charge is -2.42. The van der Waals surface area contributed by atoms with Crippen molar-refractivity contribution < 1.29 is 14.3 Å². The zero-order chi connectivity index (χ0) is 16.3. The summed E-state index contributed by atoms with van der Waals surface area (Å²) in [5.74, 6) is -0.00710. The van der Waals surface area contributed by atoms with Gasteiger partial charge in [0.25, 0.3) is 5.91 Å². The van der Waals surface area contributed by atoms with Gasteiger partial charge in [0, 0.05) is 20.2 Å². The van der Waals surface area contributed by atoms with Crippen LogP contribution in [0.1, 0.15) is 42.5 Å². The molecule has 1 aromatic heterocycles. The lowest BCUT2D eigenvalue weighted by atomic mass is 10.0. The summed E-state index contributed by atoms with van der Waals surface area (Å²) in [5.41, 5.74) is 1.74. The number of morpholine rings is 1. The Labute approximate surface area is 131 Å². The number of hydrogen-bond acceptors (Lipinski definition) is 5. The van der Waals surface area contributed by atoms with Gasteiger partial charge in [-0.3, -0.25) is 4.79 Å². The van der Waals surface area contributed by atoms with Crippen LogP contribution in [-0.4, -0.2) is 59.5 Å². The van der Waals surface area contributed by atoms with Gasteiger partial charge in [-0.1, -0.05) is 6.92 Å². The maximum absolute atomic E-state index is 12.9. The van der Waals surface area contributed by atoms with Gasteiger partial charge in [0.1, 0.15) is 0 Å². The second kappa shape index (κ2) is 6.71. The average Bonchev–Trinajstić information content (AvgIpc) is 2.45. The van der Waals surface area contributed by atoms with Gasteiger partial charge in [0.2, 0.25) is 0 Å². The van der Waals surface area contributed by atoms with Gasteiger partial charge >= 0.3 is 0 Å². The normalized spacial score (nSPS) is 21.0. The summed E-state index contributed by atoms with van der Waals surface area (Å²) in [6.45, 7) is 9.36. The van der Waals surface area contributed by atoms with Crippen molar-refractivity contribution in [2.75, 3.05) is 26.8 Å². The number of methoxy groups -OCH3 is 1. The van der Waals surface area contributed by atoms with Crippen LogP contribution in [0.5, 0.6) is 0 Å². The molecule has 1 fully saturated rings. The number of aromatic nitrogens is 2. The van der Waals surface area contributed by atoms with E-state index in [1.54, 1.807) is 7.11 Å². The number of amides is 1. The molecule has 6 nitrogen and oxygen atoms in total. The number of hydrogen-bond donors (Lipinski definition) is 0. The predicted octanol–water partition coefficient (Wildman–Crippen LogP) is 1.61. The summed E-state index contributed by atoms with van der Waals surface area (Å²) in [6, 6.07) is 1.82. The van der Waals surface area contributed by atoms with Gasteiger partial charge in [0.15, 0.2) is 0 Å². The van der Waals surface area contributed by atoms with Crippen LogP contribution in [-0.2, 0) is 15.9 Å². The van der Waals surface area contributed by atoms with Crippen LogP contribution in [0, 0.1) is 6.92 Å². The summed E-state index contributed by atoms with van der Waals surface area (Å²) in [6.07, 6.45) is 0.572. The van der Waals surface area contributed by atoms with E-state index in [4.69, 9.17) is 9.47 Å². The zero-order valence-electron chi connectivity index (χ0n) is 14.0. The van der Waals surface area contributed by atoms with Gasteiger partial charge < -0.3 is 14.4 Å². The zero-order valence-corrected chi connectivity index (χ0v) is 14.0. The summed E-state index contributed by atoms with van der Waals surface area (Å²) < 4.78 is 11.2. The Hall–Kier alpha value is -1.53. The van der Waals surface area contributed by atoms with E-state index in [1.807, 2.05) is 38.7 Å². The number of ether oxygens (including phenoxy) is 2. The minimum atomic E-state index is -0.390. The van der Waals surface area contributed by atoms with Crippen molar-refractivity contribution in [2.45, 2.75) is 45.8 Å². The van der Waals surface area contributed by atoms with Crippen LogP contribution in [0.3, 0.4) is 0 Å². The van der Waals surface area contributed by atoms with Crippen molar-refractivity contribution in [3.8, 4) is 0 Å². The quantitative estimate of drug-likeness (QED) is 0.845. The number of carbonyl (C=O) groups excluding carboxylic acids is 1. The highest BCUT2D eigenvalue weighted by atomic mass is 16.5. The second-order valence-electron chi connectivity index (χ2n) is 6.34. The monoisotopic (exact) mass is 307 g/mol. The Morgan fingerprint density at radius 1 is 1.50 bits per heavy atom. The molecule has 0 aromatic carbocycles. The van der Waals surface area contributed by atoms with Crippen LogP contribution >= 0.6 is 0 Å². The molecule has 0 aliphatic carbocycles. The molecular formula is C16H25N3O3. The highest BCUT2D eigenvalue weighted by Crippen LogP contribution is 2.23. The van der Waals surface area contributed by atoms with Crippen molar-refractivity contribution in [1.29, 1.82) is 0 Å². The summed E-state index contributed by atoms with van der Waals surface area (Å²) in [7, 11) is 1.64. The number of carbonyl (C=O) groups is 1. The molecule has 0 spiro atoms. The van der Waals surface area contributed by atoms with Crippen molar-refractivity contribution >= 4 is 5.91 Å². The number of aryl methyl sites for hydroxylation is 2. The number of rotatable bonds is 4. The maximum atomic E-state index is 12.9. The highest BCUT2D eigenvalue weighted by Gasteiger charge is 2.36. The van der Waals surface area contributed by atoms with Crippen molar-refractivity contribution in [2.24, 2.45) is 0 Å². The average molecular weight is 307 g/mol. The van der Waals surface area contributed by atoms with Gasteiger partial charge in [0.05, 0.1) is 35.3 Å². The van der Waals surface area contributed by atoms with E-state index >= 15 is 0 Å². The van der Waals surface area contributed by atoms with E-state index in [9.17, 15) is 4.79 Å². The van der Waals surface area contributed by atoms with Crippen LogP contribution in [0.2, 0.25) is 0 Å². The molecule has 1 aliphatic rings. The second-order valence-corrected chi connectivity index (χ2v) is 6.34. The molecular weight excluding hydrogens is 282 g/mol. The molecule has 6 heteroatoms. The van der Waals surface area contributed by atoms with Crippen molar-refractivity contribution in [3.63, 3.8) is 0 Å². The first-order valence-electron chi connectivity index (χ1n) is 7.65. The fourth-order valence-corrected chi connectivity index (χ4v) is 2.85. The van der Waals surface area contributed by atoms with E-state index in [1.165, 1.54) is 0 Å². The molecule has 1 amide bonds. The third kappa shape index (κ3) is 3.81. The van der Waals surface area contributed by atoms with Crippen LogP contribution in [0.15, 0.2) is 6.07 Å². The van der Waals surface area contributed by atoms with E-state index in [2.05, 4.69) is 10.2 Å². The molecule has 1 aromatic rings. The standard InChI is InChI=1S/C16H25N3O3/c1-6-14-13(7-11(2)17-18-14)15(20)19-8-12(9-21-5)22-16(3,4)10-19/h7,12H,6,8-10H2,1-5H3/t12-/m0/s1. The Kier molecular flexibility index (Phi) is 5.13. The molecule has 0 unspecified atom stereocenters. The molecule has 2 heterocycles. The largest absolute Gasteiger partial charge is 0.382 e. The van der Waals surface area contributed by atoms with Crippen LogP contribution in [0.4, 0.5) is 0 Å². The van der Waals surface area contributed by atoms with E-state index < -0.39 is 0 Å². The van der Waals surface area contributed by atoms with Crippen LogP contribution < -0.4 is 0 Å². The fourth-order valence-electron chi connectivity index (χ4n) is 2.85. The first-order valence-corrected chi connectivity index (χ1v) is 7.65. The molecule has 1 saturated heterocycles. The highest BCUT2D eigenvalue weighted by molar-refractivity contribution is 5.95. The van der Waals surface area contributed by atoms with Gasteiger partial charge in [-0.15, -0.1) is 0 Å². The molecule has 0 bridgehead atoms. The molecule has 2 rings (SSSR count). The minimum absolute atomic E-state index is 0.00710. The lowest BCUT2D eigenvalue weighted by Crippen LogP contribution is -2.55. The summed E-state index contributed by atoms with van der Waals surface area (Å²) >= 11 is 0. The molecule has 22 heavy (non-hydrogen) atoms. The van der Waals surface area contributed by atoms with Crippen LogP contribution in [0.25, 0.3) is 0 Å². The van der Waals surface area contributed by atoms with E-state index in [0.717, 1.165) is 11.4 Å².